The van der Waals surface area contributed by atoms with Crippen LogP contribution in [-0.2, 0) is 11.2 Å². The van der Waals surface area contributed by atoms with Crippen molar-refractivity contribution in [3.63, 3.8) is 0 Å². The minimum absolute atomic E-state index is 0.00252. The van der Waals surface area contributed by atoms with Crippen LogP contribution in [0.4, 0.5) is 13.6 Å². The molecule has 1 aromatic heterocycles. The zero-order chi connectivity index (χ0) is 26.5. The van der Waals surface area contributed by atoms with Gasteiger partial charge >= 0.3 is 11.9 Å². The Morgan fingerprint density at radius 1 is 1.05 bits per heavy atom. The topological polar surface area (TPSA) is 71.7 Å². The molecular weight excluding hydrogens is 571 g/mol. The highest BCUT2D eigenvalue weighted by Crippen LogP contribution is 2.38. The summed E-state index contributed by atoms with van der Waals surface area (Å²) in [7, 11) is 0. The number of benzene rings is 2. The molecule has 196 valence electrons. The standard InChI is InChI=1S/C25H20Cl3F2NO5S/c26-16-4-6-17(7-5-16)37-25(32)36-22(10-18-19(27)11-31(33)12-20(18)28)15-3-8-21(35-24(29)30)23(9-15)34-13-14-1-2-14/h3-9,11-12,14,22,24H,1-2,10,13H2. The summed E-state index contributed by atoms with van der Waals surface area (Å²) < 4.78 is 42.6. The summed E-state index contributed by atoms with van der Waals surface area (Å²) in [6, 6.07) is 10.9. The molecular formula is C25H20Cl3F2NO5S. The molecule has 37 heavy (non-hydrogen) atoms. The van der Waals surface area contributed by atoms with E-state index in [-0.39, 0.29) is 28.0 Å². The smallest absolute Gasteiger partial charge is 0.387 e. The zero-order valence-corrected chi connectivity index (χ0v) is 22.1. The van der Waals surface area contributed by atoms with Gasteiger partial charge in [-0.3, -0.25) is 0 Å². The van der Waals surface area contributed by atoms with E-state index in [0.717, 1.165) is 37.0 Å². The number of carbonyl (C=O) groups excluding carboxylic acids is 1. The fraction of sp³-hybridized carbons (Fsp3) is 0.280. The van der Waals surface area contributed by atoms with Crippen molar-refractivity contribution >= 4 is 51.9 Å². The molecule has 0 spiro atoms. The monoisotopic (exact) mass is 589 g/mol. The second-order valence-corrected chi connectivity index (χ2v) is 10.5. The predicted molar refractivity (Wildman–Crippen MR) is 137 cm³/mol. The first kappa shape index (κ1) is 27.6. The van der Waals surface area contributed by atoms with Gasteiger partial charge in [0.25, 0.3) is 0 Å². The molecule has 0 saturated heterocycles. The van der Waals surface area contributed by atoms with Gasteiger partial charge in [-0.2, -0.15) is 13.5 Å². The third-order valence-electron chi connectivity index (χ3n) is 5.43. The molecule has 3 aromatic rings. The molecule has 12 heteroatoms. The molecule has 1 saturated carbocycles. The summed E-state index contributed by atoms with van der Waals surface area (Å²) in [6.07, 6.45) is 3.31. The van der Waals surface area contributed by atoms with Gasteiger partial charge in [0.15, 0.2) is 23.9 Å². The highest BCUT2D eigenvalue weighted by atomic mass is 35.5. The maximum atomic E-state index is 13.0. The molecule has 1 aliphatic rings. The van der Waals surface area contributed by atoms with Crippen LogP contribution < -0.4 is 14.2 Å². The minimum Gasteiger partial charge on any atom is -0.619 e. The summed E-state index contributed by atoms with van der Waals surface area (Å²) in [5.74, 6) is 0.315. The molecule has 1 aliphatic carbocycles. The molecule has 0 N–H and O–H groups in total. The van der Waals surface area contributed by atoms with E-state index in [1.165, 1.54) is 18.2 Å². The number of hydrogen-bond acceptors (Lipinski definition) is 6. The van der Waals surface area contributed by atoms with Crippen LogP contribution in [0.5, 0.6) is 11.5 Å². The summed E-state index contributed by atoms with van der Waals surface area (Å²) in [4.78, 5) is 13.5. The van der Waals surface area contributed by atoms with Gasteiger partial charge in [-0.05, 0) is 72.5 Å². The molecule has 0 amide bonds. The van der Waals surface area contributed by atoms with Crippen molar-refractivity contribution in [3.8, 4) is 11.5 Å². The maximum Gasteiger partial charge on any atom is 0.387 e. The van der Waals surface area contributed by atoms with E-state index in [2.05, 4.69) is 4.74 Å². The Bertz CT molecular complexity index is 1240. The average molecular weight is 591 g/mol. The summed E-state index contributed by atoms with van der Waals surface area (Å²) in [6.45, 7) is -2.70. The number of carbonyl (C=O) groups is 1. The predicted octanol–water partition coefficient (Wildman–Crippen LogP) is 7.88. The lowest BCUT2D eigenvalue weighted by Gasteiger charge is -2.21. The van der Waals surface area contributed by atoms with E-state index in [9.17, 15) is 18.8 Å². The molecule has 2 aromatic carbocycles. The van der Waals surface area contributed by atoms with Crippen LogP contribution in [0.2, 0.25) is 15.1 Å². The Morgan fingerprint density at radius 3 is 2.35 bits per heavy atom. The third kappa shape index (κ3) is 8.01. The lowest BCUT2D eigenvalue weighted by Crippen LogP contribution is -2.25. The lowest BCUT2D eigenvalue weighted by atomic mass is 10.0. The van der Waals surface area contributed by atoms with E-state index in [1.54, 1.807) is 24.3 Å². The number of halogens is 5. The molecule has 6 nitrogen and oxygen atoms in total. The van der Waals surface area contributed by atoms with E-state index < -0.39 is 18.0 Å². The fourth-order valence-electron chi connectivity index (χ4n) is 3.40. The highest BCUT2D eigenvalue weighted by Gasteiger charge is 2.26. The first-order valence-corrected chi connectivity index (χ1v) is 13.0. The van der Waals surface area contributed by atoms with Crippen LogP contribution in [-0.4, -0.2) is 18.5 Å². The minimum atomic E-state index is -3.04. The third-order valence-corrected chi connectivity index (χ3v) is 7.10. The van der Waals surface area contributed by atoms with Gasteiger partial charge in [-0.25, -0.2) is 4.79 Å². The van der Waals surface area contributed by atoms with E-state index >= 15 is 0 Å². The van der Waals surface area contributed by atoms with Gasteiger partial charge in [0.2, 0.25) is 0 Å². The van der Waals surface area contributed by atoms with Crippen LogP contribution in [0.15, 0.2) is 59.8 Å². The summed E-state index contributed by atoms with van der Waals surface area (Å²) in [5.41, 5.74) is 0.807. The van der Waals surface area contributed by atoms with E-state index in [4.69, 9.17) is 44.3 Å². The van der Waals surface area contributed by atoms with E-state index in [1.807, 2.05) is 0 Å². The Labute approximate surface area is 231 Å². The maximum absolute atomic E-state index is 13.0. The number of rotatable bonds is 10. The highest BCUT2D eigenvalue weighted by molar-refractivity contribution is 8.13. The average Bonchev–Trinajstić information content (AvgIpc) is 3.66. The number of thioether (sulfide) groups is 1. The quantitative estimate of drug-likeness (QED) is 0.104. The van der Waals surface area contributed by atoms with Crippen LogP contribution in [0.3, 0.4) is 0 Å². The Balaban J connectivity index is 1.64. The van der Waals surface area contributed by atoms with Crippen molar-refractivity contribution in [2.45, 2.75) is 36.9 Å². The lowest BCUT2D eigenvalue weighted by molar-refractivity contribution is -0.605. The number of aromatic nitrogens is 1. The second-order valence-electron chi connectivity index (χ2n) is 8.25. The molecule has 1 atom stereocenters. The van der Waals surface area contributed by atoms with E-state index in [0.29, 0.717) is 38.3 Å². The normalized spacial score (nSPS) is 13.9. The van der Waals surface area contributed by atoms with Crippen molar-refractivity contribution in [2.24, 2.45) is 5.92 Å². The van der Waals surface area contributed by atoms with Crippen molar-refractivity contribution in [3.05, 3.63) is 86.3 Å². The van der Waals surface area contributed by atoms with Gasteiger partial charge in [0, 0.05) is 21.9 Å². The van der Waals surface area contributed by atoms with Crippen molar-refractivity contribution in [2.75, 3.05) is 6.61 Å². The molecule has 0 aliphatic heterocycles. The molecule has 1 unspecified atom stereocenters. The Kier molecular flexibility index (Phi) is 9.23. The second kappa shape index (κ2) is 12.4. The SMILES string of the molecule is O=C(OC(Cc1c(Cl)c[n+]([O-])cc1Cl)c1ccc(OC(F)F)c(OCC2CC2)c1)Sc1ccc(Cl)cc1. The first-order chi connectivity index (χ1) is 17.7. The van der Waals surface area contributed by atoms with Crippen LogP contribution in [0.1, 0.15) is 30.1 Å². The van der Waals surface area contributed by atoms with Crippen molar-refractivity contribution in [1.29, 1.82) is 0 Å². The summed E-state index contributed by atoms with van der Waals surface area (Å²) >= 11 is 19.3. The number of ether oxygens (including phenoxy) is 3. The number of alkyl halides is 2. The van der Waals surface area contributed by atoms with Crippen LogP contribution in [0.25, 0.3) is 0 Å². The molecule has 1 heterocycles. The van der Waals surface area contributed by atoms with Gasteiger partial charge in [0.05, 0.1) is 6.61 Å². The van der Waals surface area contributed by atoms with Crippen molar-refractivity contribution in [1.82, 2.24) is 0 Å². The molecule has 0 radical (unpaired) electrons. The molecule has 0 bridgehead atoms. The number of nitrogens with zero attached hydrogens (tertiary/aromatic N) is 1. The Hall–Kier alpha value is -2.46. The fourth-order valence-corrected chi connectivity index (χ4v) is 4.75. The van der Waals surface area contributed by atoms with Crippen LogP contribution >= 0.6 is 46.6 Å². The number of hydrogen-bond donors (Lipinski definition) is 0. The molecule has 4 rings (SSSR count). The number of pyridine rings is 1. The zero-order valence-electron chi connectivity index (χ0n) is 19.0. The summed E-state index contributed by atoms with van der Waals surface area (Å²) in [5, 5.41) is 11.7. The van der Waals surface area contributed by atoms with Crippen LogP contribution in [0, 0.1) is 11.1 Å². The Morgan fingerprint density at radius 2 is 1.73 bits per heavy atom. The van der Waals surface area contributed by atoms with Gasteiger partial charge in [-0.15, -0.1) is 0 Å². The van der Waals surface area contributed by atoms with Crippen molar-refractivity contribution < 1.29 is 32.5 Å². The largest absolute Gasteiger partial charge is 0.619 e. The molecule has 1 fully saturated rings. The van der Waals surface area contributed by atoms with Gasteiger partial charge < -0.3 is 19.4 Å². The van der Waals surface area contributed by atoms with Gasteiger partial charge in [-0.1, -0.05) is 40.9 Å². The van der Waals surface area contributed by atoms with Gasteiger partial charge in [0.1, 0.15) is 16.1 Å². The first-order valence-electron chi connectivity index (χ1n) is 11.1.